The van der Waals surface area contributed by atoms with Gasteiger partial charge in [0.2, 0.25) is 10.7 Å². The summed E-state index contributed by atoms with van der Waals surface area (Å²) in [6.07, 6.45) is 0. The number of nitrogen functional groups attached to an aromatic ring is 1. The lowest BCUT2D eigenvalue weighted by molar-refractivity contribution is 1.05. The Bertz CT molecular complexity index is 514. The number of aromatic nitrogens is 3. The molecular formula is C8H8N4S2. The van der Waals surface area contributed by atoms with Gasteiger partial charge in [-0.15, -0.1) is 0 Å². The van der Waals surface area contributed by atoms with Crippen molar-refractivity contribution in [1.29, 1.82) is 0 Å². The first-order valence-electron chi connectivity index (χ1n) is 3.94. The summed E-state index contributed by atoms with van der Waals surface area (Å²) in [6, 6.07) is 0. The van der Waals surface area contributed by atoms with Crippen molar-refractivity contribution in [2.24, 2.45) is 0 Å². The van der Waals surface area contributed by atoms with Gasteiger partial charge in [-0.05, 0) is 30.1 Å². The monoisotopic (exact) mass is 224 g/mol. The third-order valence-electron chi connectivity index (χ3n) is 1.78. The average molecular weight is 224 g/mol. The van der Waals surface area contributed by atoms with E-state index in [2.05, 4.69) is 15.0 Å². The van der Waals surface area contributed by atoms with Crippen LogP contribution in [0.5, 0.6) is 0 Å². The van der Waals surface area contributed by atoms with Crippen LogP contribution in [0.1, 0.15) is 5.56 Å². The number of aryl methyl sites for hydroxylation is 1. The standard InChI is InChI=1S/C8H8N4S2/c1-4-2-14-3-5(4)6-10-7(9)12-8(13)11-6/h2-3H,1H3,(H3,9,10,11,12,13). The largest absolute Gasteiger partial charge is 0.369 e. The molecule has 2 heterocycles. The lowest BCUT2D eigenvalue weighted by Crippen LogP contribution is -1.99. The maximum Gasteiger partial charge on any atom is 0.224 e. The van der Waals surface area contributed by atoms with Crippen LogP contribution < -0.4 is 5.73 Å². The molecule has 0 spiro atoms. The topological polar surface area (TPSA) is 67.6 Å². The molecule has 6 heteroatoms. The molecule has 0 amide bonds. The fraction of sp³-hybridized carbons (Fsp3) is 0.125. The first-order valence-corrected chi connectivity index (χ1v) is 5.29. The van der Waals surface area contributed by atoms with E-state index >= 15 is 0 Å². The van der Waals surface area contributed by atoms with E-state index in [-0.39, 0.29) is 4.77 Å². The molecule has 0 aliphatic heterocycles. The predicted molar refractivity (Wildman–Crippen MR) is 59.7 cm³/mol. The minimum Gasteiger partial charge on any atom is -0.369 e. The molecule has 72 valence electrons. The first-order chi connectivity index (χ1) is 6.66. The van der Waals surface area contributed by atoms with Crippen molar-refractivity contribution >= 4 is 29.5 Å². The second-order valence-electron chi connectivity index (χ2n) is 2.83. The average Bonchev–Trinajstić information content (AvgIpc) is 2.49. The summed E-state index contributed by atoms with van der Waals surface area (Å²) >= 11 is 6.50. The van der Waals surface area contributed by atoms with E-state index in [9.17, 15) is 0 Å². The molecule has 0 aliphatic rings. The van der Waals surface area contributed by atoms with Crippen molar-refractivity contribution in [2.75, 3.05) is 5.73 Å². The fourth-order valence-electron chi connectivity index (χ4n) is 1.13. The van der Waals surface area contributed by atoms with Gasteiger partial charge < -0.3 is 10.7 Å². The van der Waals surface area contributed by atoms with Crippen LogP contribution >= 0.6 is 23.6 Å². The summed E-state index contributed by atoms with van der Waals surface area (Å²) < 4.78 is 0.266. The van der Waals surface area contributed by atoms with Crippen LogP contribution in [0, 0.1) is 11.7 Å². The van der Waals surface area contributed by atoms with Gasteiger partial charge in [0, 0.05) is 10.9 Å². The molecule has 0 aliphatic carbocycles. The Morgan fingerprint density at radius 3 is 2.79 bits per heavy atom. The van der Waals surface area contributed by atoms with Gasteiger partial charge in [0.25, 0.3) is 0 Å². The van der Waals surface area contributed by atoms with Crippen LogP contribution in [-0.4, -0.2) is 15.0 Å². The highest BCUT2D eigenvalue weighted by Gasteiger charge is 2.05. The van der Waals surface area contributed by atoms with Gasteiger partial charge in [-0.1, -0.05) is 0 Å². The zero-order chi connectivity index (χ0) is 10.1. The highest BCUT2D eigenvalue weighted by molar-refractivity contribution is 7.71. The molecule has 0 unspecified atom stereocenters. The molecule has 0 aromatic carbocycles. The highest BCUT2D eigenvalue weighted by atomic mass is 32.1. The Balaban J connectivity index is 2.63. The van der Waals surface area contributed by atoms with Crippen LogP contribution in [0.4, 0.5) is 5.95 Å². The quantitative estimate of drug-likeness (QED) is 0.728. The van der Waals surface area contributed by atoms with E-state index in [1.54, 1.807) is 11.3 Å². The van der Waals surface area contributed by atoms with Gasteiger partial charge in [0.1, 0.15) is 5.82 Å². The minimum atomic E-state index is 0.266. The number of H-pyrrole nitrogens is 1. The summed E-state index contributed by atoms with van der Waals surface area (Å²) in [5, 5.41) is 4.05. The van der Waals surface area contributed by atoms with Crippen molar-refractivity contribution in [3.05, 3.63) is 21.1 Å². The number of anilines is 1. The van der Waals surface area contributed by atoms with E-state index in [0.717, 1.165) is 11.1 Å². The molecule has 0 fully saturated rings. The van der Waals surface area contributed by atoms with E-state index in [0.29, 0.717) is 11.8 Å². The van der Waals surface area contributed by atoms with Crippen molar-refractivity contribution < 1.29 is 0 Å². The molecule has 4 nitrogen and oxygen atoms in total. The molecule has 0 saturated heterocycles. The summed E-state index contributed by atoms with van der Waals surface area (Å²) in [6.45, 7) is 2.01. The molecular weight excluding hydrogens is 216 g/mol. The van der Waals surface area contributed by atoms with E-state index in [1.165, 1.54) is 0 Å². The third kappa shape index (κ3) is 1.66. The number of rotatable bonds is 1. The Morgan fingerprint density at radius 1 is 1.43 bits per heavy atom. The van der Waals surface area contributed by atoms with Crippen LogP contribution in [0.15, 0.2) is 10.8 Å². The van der Waals surface area contributed by atoms with Crippen molar-refractivity contribution in [1.82, 2.24) is 15.0 Å². The van der Waals surface area contributed by atoms with Crippen molar-refractivity contribution in [2.45, 2.75) is 6.92 Å². The molecule has 2 rings (SSSR count). The molecule has 14 heavy (non-hydrogen) atoms. The Kier molecular flexibility index (Phi) is 2.30. The highest BCUT2D eigenvalue weighted by Crippen LogP contribution is 2.23. The Morgan fingerprint density at radius 2 is 2.21 bits per heavy atom. The van der Waals surface area contributed by atoms with Crippen molar-refractivity contribution in [3.63, 3.8) is 0 Å². The zero-order valence-electron chi connectivity index (χ0n) is 7.44. The van der Waals surface area contributed by atoms with Crippen LogP contribution in [0.3, 0.4) is 0 Å². The molecule has 3 N–H and O–H groups in total. The SMILES string of the molecule is Cc1cscc1-c1nc(=S)nc(N)[nH]1. The minimum absolute atomic E-state index is 0.266. The van der Waals surface area contributed by atoms with Gasteiger partial charge in [-0.3, -0.25) is 0 Å². The molecule has 0 atom stereocenters. The number of nitrogens with zero attached hydrogens (tertiary/aromatic N) is 2. The lowest BCUT2D eigenvalue weighted by Gasteiger charge is -2.00. The summed E-state index contributed by atoms with van der Waals surface area (Å²) in [5.41, 5.74) is 7.72. The second-order valence-corrected chi connectivity index (χ2v) is 3.94. The maximum atomic E-state index is 5.55. The third-order valence-corrected chi connectivity index (χ3v) is 2.82. The van der Waals surface area contributed by atoms with Crippen LogP contribution in [-0.2, 0) is 0 Å². The predicted octanol–water partition coefficient (Wildman–Crippen LogP) is 2.15. The Labute approximate surface area is 89.9 Å². The second kappa shape index (κ2) is 3.47. The van der Waals surface area contributed by atoms with Gasteiger partial charge in [-0.25, -0.2) is 4.98 Å². The molecule has 0 radical (unpaired) electrons. The normalized spacial score (nSPS) is 10.4. The van der Waals surface area contributed by atoms with Crippen LogP contribution in [0.25, 0.3) is 11.4 Å². The summed E-state index contributed by atoms with van der Waals surface area (Å²) in [5.74, 6) is 0.979. The number of nitrogens with one attached hydrogen (secondary N) is 1. The molecule has 2 aromatic rings. The molecule has 0 saturated carbocycles. The smallest absolute Gasteiger partial charge is 0.224 e. The number of nitrogens with two attached hydrogens (primary N) is 1. The van der Waals surface area contributed by atoms with E-state index < -0.39 is 0 Å². The Hall–Kier alpha value is -1.27. The maximum absolute atomic E-state index is 5.55. The number of hydrogen-bond donors (Lipinski definition) is 2. The van der Waals surface area contributed by atoms with Crippen molar-refractivity contribution in [3.8, 4) is 11.4 Å². The van der Waals surface area contributed by atoms with Gasteiger partial charge in [0.15, 0.2) is 0 Å². The number of thiophene rings is 1. The van der Waals surface area contributed by atoms with Crippen LogP contribution in [0.2, 0.25) is 0 Å². The lowest BCUT2D eigenvalue weighted by atomic mass is 10.2. The van der Waals surface area contributed by atoms with E-state index in [1.807, 2.05) is 17.7 Å². The van der Waals surface area contributed by atoms with Gasteiger partial charge in [0.05, 0.1) is 0 Å². The molecule has 0 bridgehead atoms. The van der Waals surface area contributed by atoms with Gasteiger partial charge >= 0.3 is 0 Å². The summed E-state index contributed by atoms with van der Waals surface area (Å²) in [7, 11) is 0. The number of aromatic amines is 1. The van der Waals surface area contributed by atoms with Gasteiger partial charge in [-0.2, -0.15) is 16.3 Å². The van der Waals surface area contributed by atoms with E-state index in [4.69, 9.17) is 18.0 Å². The number of hydrogen-bond acceptors (Lipinski definition) is 5. The first kappa shape index (κ1) is 9.29. The fourth-order valence-corrected chi connectivity index (χ4v) is 2.15. The molecule has 2 aromatic heterocycles. The zero-order valence-corrected chi connectivity index (χ0v) is 9.08. The summed E-state index contributed by atoms with van der Waals surface area (Å²) in [4.78, 5) is 10.8.